The lowest BCUT2D eigenvalue weighted by atomic mass is 10.0. The van der Waals surface area contributed by atoms with Crippen LogP contribution in [0.25, 0.3) is 11.1 Å². The zero-order valence-electron chi connectivity index (χ0n) is 12.4. The molecule has 4 nitrogen and oxygen atoms in total. The molecule has 0 saturated carbocycles. The molecule has 2 aromatic carbocycles. The summed E-state index contributed by atoms with van der Waals surface area (Å²) in [5.74, 6) is -1.78. The largest absolute Gasteiger partial charge is 0.573 e. The maximum atomic E-state index is 12.3. The molecule has 0 heterocycles. The summed E-state index contributed by atoms with van der Waals surface area (Å²) in [7, 11) is 1.20. The van der Waals surface area contributed by atoms with Crippen LogP contribution in [0.4, 0.5) is 26.3 Å². The Morgan fingerprint density at radius 3 is 1.72 bits per heavy atom. The molecular formula is C15H10F6O4. The van der Waals surface area contributed by atoms with Gasteiger partial charge in [-0.3, -0.25) is 0 Å². The summed E-state index contributed by atoms with van der Waals surface area (Å²) in [4.78, 5) is 0. The second-order valence-corrected chi connectivity index (χ2v) is 4.64. The van der Waals surface area contributed by atoms with Gasteiger partial charge in [0.25, 0.3) is 0 Å². The van der Waals surface area contributed by atoms with Crippen molar-refractivity contribution in [2.24, 2.45) is 0 Å². The smallest absolute Gasteiger partial charge is 0.507 e. The minimum atomic E-state index is -4.97. The molecule has 0 spiro atoms. The first-order valence-corrected chi connectivity index (χ1v) is 6.51. The molecule has 2 aromatic rings. The van der Waals surface area contributed by atoms with Gasteiger partial charge in [0.05, 0.1) is 7.11 Å². The molecule has 0 aliphatic heterocycles. The van der Waals surface area contributed by atoms with Crippen LogP contribution in [0.2, 0.25) is 0 Å². The van der Waals surface area contributed by atoms with E-state index in [9.17, 15) is 31.4 Å². The minimum absolute atomic E-state index is 0.00832. The Bertz CT molecular complexity index is 755. The van der Waals surface area contributed by atoms with E-state index in [0.29, 0.717) is 0 Å². The van der Waals surface area contributed by atoms with Gasteiger partial charge in [0.2, 0.25) is 0 Å². The minimum Gasteiger partial charge on any atom is -0.507 e. The fourth-order valence-corrected chi connectivity index (χ4v) is 2.02. The highest BCUT2D eigenvalue weighted by Gasteiger charge is 2.32. The van der Waals surface area contributed by atoms with E-state index in [1.165, 1.54) is 7.11 Å². The molecule has 0 amide bonds. The number of hydrogen-bond donors (Lipinski definition) is 1. The monoisotopic (exact) mass is 368 g/mol. The van der Waals surface area contributed by atoms with Crippen LogP contribution in [-0.4, -0.2) is 24.9 Å². The van der Waals surface area contributed by atoms with Crippen LogP contribution >= 0.6 is 0 Å². The van der Waals surface area contributed by atoms with Crippen LogP contribution in [0.1, 0.15) is 0 Å². The number of hydrogen-bond acceptors (Lipinski definition) is 4. The number of ether oxygens (including phenoxy) is 3. The number of methoxy groups -OCH3 is 1. The summed E-state index contributed by atoms with van der Waals surface area (Å²) < 4.78 is 86.4. The number of halogens is 6. The van der Waals surface area contributed by atoms with Crippen LogP contribution in [0.3, 0.4) is 0 Å². The number of phenols is 1. The van der Waals surface area contributed by atoms with Gasteiger partial charge in [-0.15, -0.1) is 26.3 Å². The fraction of sp³-hybridized carbons (Fsp3) is 0.200. The van der Waals surface area contributed by atoms with E-state index in [1.807, 2.05) is 0 Å². The van der Waals surface area contributed by atoms with Crippen molar-refractivity contribution in [3.63, 3.8) is 0 Å². The van der Waals surface area contributed by atoms with E-state index < -0.39 is 30.0 Å². The predicted molar refractivity (Wildman–Crippen MR) is 73.5 cm³/mol. The molecule has 10 heteroatoms. The molecule has 0 aliphatic carbocycles. The van der Waals surface area contributed by atoms with Crippen molar-refractivity contribution >= 4 is 0 Å². The van der Waals surface area contributed by atoms with Gasteiger partial charge >= 0.3 is 12.7 Å². The van der Waals surface area contributed by atoms with E-state index in [0.717, 1.165) is 36.4 Å². The third-order valence-corrected chi connectivity index (χ3v) is 2.90. The van der Waals surface area contributed by atoms with Crippen LogP contribution in [-0.2, 0) is 0 Å². The SMILES string of the molecule is COc1ccc(OC(F)(F)F)cc1-c1cc(OC(F)(F)F)ccc1O. The standard InChI is InChI=1S/C15H10F6O4/c1-23-13-5-3-9(25-15(19,20)21)7-11(13)10-6-8(2-4-12(10)22)24-14(16,17)18/h2-7,22H,1H3. The Morgan fingerprint density at radius 1 is 0.760 bits per heavy atom. The molecule has 0 fully saturated rings. The first-order valence-electron chi connectivity index (χ1n) is 6.51. The van der Waals surface area contributed by atoms with Gasteiger partial charge in [-0.2, -0.15) is 0 Å². The van der Waals surface area contributed by atoms with Gasteiger partial charge in [0, 0.05) is 11.1 Å². The van der Waals surface area contributed by atoms with E-state index >= 15 is 0 Å². The van der Waals surface area contributed by atoms with E-state index in [4.69, 9.17) is 4.74 Å². The maximum Gasteiger partial charge on any atom is 0.573 e. The summed E-state index contributed by atoms with van der Waals surface area (Å²) in [6.45, 7) is 0. The lowest BCUT2D eigenvalue weighted by Crippen LogP contribution is -2.17. The predicted octanol–water partition coefficient (Wildman–Crippen LogP) is 4.87. The van der Waals surface area contributed by atoms with Crippen molar-refractivity contribution in [3.05, 3.63) is 36.4 Å². The molecule has 136 valence electrons. The Labute approximate surface area is 137 Å². The van der Waals surface area contributed by atoms with Crippen LogP contribution in [0, 0.1) is 0 Å². The van der Waals surface area contributed by atoms with Crippen LogP contribution < -0.4 is 14.2 Å². The van der Waals surface area contributed by atoms with Gasteiger partial charge in [0.1, 0.15) is 23.0 Å². The molecule has 0 saturated heterocycles. The fourth-order valence-electron chi connectivity index (χ4n) is 2.02. The summed E-state index contributed by atoms with van der Waals surface area (Å²) >= 11 is 0. The van der Waals surface area contributed by atoms with Crippen molar-refractivity contribution in [1.29, 1.82) is 0 Å². The second kappa shape index (κ2) is 6.61. The molecule has 1 N–H and O–H groups in total. The molecule has 2 rings (SSSR count). The highest BCUT2D eigenvalue weighted by atomic mass is 19.4. The third-order valence-electron chi connectivity index (χ3n) is 2.90. The Hall–Kier alpha value is -2.78. The van der Waals surface area contributed by atoms with Crippen molar-refractivity contribution in [2.75, 3.05) is 7.11 Å². The molecule has 0 unspecified atom stereocenters. The first-order chi connectivity index (χ1) is 11.5. The molecular weight excluding hydrogens is 358 g/mol. The topological polar surface area (TPSA) is 47.9 Å². The lowest BCUT2D eigenvalue weighted by molar-refractivity contribution is -0.275. The van der Waals surface area contributed by atoms with Gasteiger partial charge < -0.3 is 19.3 Å². The summed E-state index contributed by atoms with van der Waals surface area (Å²) in [5, 5.41) is 9.87. The average Bonchev–Trinajstić information content (AvgIpc) is 2.46. The first kappa shape index (κ1) is 18.6. The van der Waals surface area contributed by atoms with Gasteiger partial charge in [0.15, 0.2) is 0 Å². The number of alkyl halides is 6. The molecule has 0 bridgehead atoms. The summed E-state index contributed by atoms with van der Waals surface area (Å²) in [5.41, 5.74) is -0.347. The molecule has 0 radical (unpaired) electrons. The van der Waals surface area contributed by atoms with Crippen molar-refractivity contribution in [1.82, 2.24) is 0 Å². The molecule has 0 aromatic heterocycles. The third kappa shape index (κ3) is 5.10. The number of phenolic OH excluding ortho intramolecular Hbond substituents is 1. The summed E-state index contributed by atoms with van der Waals surface area (Å²) in [6, 6.07) is 5.54. The van der Waals surface area contributed by atoms with Gasteiger partial charge in [-0.25, -0.2) is 0 Å². The Balaban J connectivity index is 2.52. The lowest BCUT2D eigenvalue weighted by Gasteiger charge is -2.15. The van der Waals surface area contributed by atoms with Crippen molar-refractivity contribution in [2.45, 2.75) is 12.7 Å². The highest BCUT2D eigenvalue weighted by molar-refractivity contribution is 5.77. The van der Waals surface area contributed by atoms with Crippen LogP contribution in [0.15, 0.2) is 36.4 Å². The van der Waals surface area contributed by atoms with E-state index in [1.54, 1.807) is 0 Å². The van der Waals surface area contributed by atoms with E-state index in [2.05, 4.69) is 9.47 Å². The average molecular weight is 368 g/mol. The number of rotatable bonds is 4. The van der Waals surface area contributed by atoms with Crippen molar-refractivity contribution < 1.29 is 45.7 Å². The van der Waals surface area contributed by atoms with Gasteiger partial charge in [-0.1, -0.05) is 0 Å². The summed E-state index contributed by atoms with van der Waals surface area (Å²) in [6.07, 6.45) is -9.94. The van der Waals surface area contributed by atoms with Crippen LogP contribution in [0.5, 0.6) is 23.0 Å². The zero-order chi connectivity index (χ0) is 18.8. The normalized spacial score (nSPS) is 12.0. The number of aromatic hydroxyl groups is 1. The molecule has 0 aliphatic rings. The maximum absolute atomic E-state index is 12.3. The van der Waals surface area contributed by atoms with Crippen molar-refractivity contribution in [3.8, 4) is 34.1 Å². The highest BCUT2D eigenvalue weighted by Crippen LogP contribution is 2.41. The second-order valence-electron chi connectivity index (χ2n) is 4.64. The van der Waals surface area contributed by atoms with Gasteiger partial charge in [-0.05, 0) is 36.4 Å². The number of benzene rings is 2. The quantitative estimate of drug-likeness (QED) is 0.783. The Morgan fingerprint density at radius 2 is 1.24 bits per heavy atom. The Kier molecular flexibility index (Phi) is 4.91. The molecule has 0 atom stereocenters. The van der Waals surface area contributed by atoms with E-state index in [-0.39, 0.29) is 16.9 Å². The zero-order valence-corrected chi connectivity index (χ0v) is 12.4. The molecule has 25 heavy (non-hydrogen) atoms.